The van der Waals surface area contributed by atoms with Crippen molar-refractivity contribution in [3.8, 4) is 5.69 Å². The fourth-order valence-corrected chi connectivity index (χ4v) is 2.34. The van der Waals surface area contributed by atoms with E-state index in [-0.39, 0.29) is 0 Å². The summed E-state index contributed by atoms with van der Waals surface area (Å²) < 4.78 is 1.87. The Hall–Kier alpha value is -2.36. The molecule has 0 aliphatic carbocycles. The number of anilines is 1. The fourth-order valence-electron chi connectivity index (χ4n) is 2.34. The highest BCUT2D eigenvalue weighted by atomic mass is 15.3. The van der Waals surface area contributed by atoms with Gasteiger partial charge in [0.2, 0.25) is 0 Å². The Kier molecular flexibility index (Phi) is 2.91. The molecule has 0 fully saturated rings. The minimum absolute atomic E-state index is 0.882. The number of rotatable bonds is 3. The molecule has 96 valence electrons. The number of fused-ring (bicyclic) bond motifs is 1. The second-order valence-corrected chi connectivity index (χ2v) is 4.39. The third-order valence-corrected chi connectivity index (χ3v) is 3.31. The van der Waals surface area contributed by atoms with Crippen molar-refractivity contribution in [2.75, 3.05) is 12.4 Å². The lowest BCUT2D eigenvalue weighted by Crippen LogP contribution is -2.00. The molecule has 4 nitrogen and oxygen atoms in total. The molecule has 0 radical (unpaired) electrons. The number of para-hydroxylation sites is 1. The molecule has 4 heteroatoms. The van der Waals surface area contributed by atoms with E-state index in [4.69, 9.17) is 0 Å². The van der Waals surface area contributed by atoms with Crippen molar-refractivity contribution in [1.82, 2.24) is 14.8 Å². The lowest BCUT2D eigenvalue weighted by atomic mass is 10.1. The summed E-state index contributed by atoms with van der Waals surface area (Å²) in [6.45, 7) is 2.13. The zero-order valence-corrected chi connectivity index (χ0v) is 11.1. The van der Waals surface area contributed by atoms with Crippen LogP contribution < -0.4 is 5.32 Å². The van der Waals surface area contributed by atoms with Crippen LogP contribution in [0.5, 0.6) is 0 Å². The van der Waals surface area contributed by atoms with Gasteiger partial charge in [-0.05, 0) is 24.1 Å². The van der Waals surface area contributed by atoms with E-state index in [9.17, 15) is 0 Å². The predicted octanol–water partition coefficient (Wildman–Crippen LogP) is 3.02. The quantitative estimate of drug-likeness (QED) is 0.779. The number of benzene rings is 1. The van der Waals surface area contributed by atoms with Crippen LogP contribution in [-0.2, 0) is 6.42 Å². The normalized spacial score (nSPS) is 10.8. The molecule has 19 heavy (non-hydrogen) atoms. The largest absolute Gasteiger partial charge is 0.387 e. The first-order valence-electron chi connectivity index (χ1n) is 6.44. The standard InChI is InChI=1S/C15H16N4/c1-3-11-9-17-15-13(14(11)16-2)10-18-19(15)12-7-5-4-6-8-12/h4-10H,3H2,1-2H3,(H,16,17). The number of pyridine rings is 1. The second kappa shape index (κ2) is 4.72. The molecule has 0 aliphatic heterocycles. The monoisotopic (exact) mass is 252 g/mol. The highest BCUT2D eigenvalue weighted by Gasteiger charge is 2.12. The molecule has 3 aromatic rings. The maximum Gasteiger partial charge on any atom is 0.164 e. The number of hydrogen-bond donors (Lipinski definition) is 1. The van der Waals surface area contributed by atoms with Gasteiger partial charge in [0, 0.05) is 13.2 Å². The topological polar surface area (TPSA) is 42.7 Å². The Labute approximate surface area is 112 Å². The van der Waals surface area contributed by atoms with Gasteiger partial charge in [-0.2, -0.15) is 5.10 Å². The van der Waals surface area contributed by atoms with Crippen LogP contribution in [0.25, 0.3) is 16.7 Å². The zero-order chi connectivity index (χ0) is 13.2. The molecule has 2 heterocycles. The van der Waals surface area contributed by atoms with Gasteiger partial charge in [0.1, 0.15) is 0 Å². The Bertz CT molecular complexity index is 701. The Balaban J connectivity index is 2.25. The molecular weight excluding hydrogens is 236 g/mol. The van der Waals surface area contributed by atoms with Gasteiger partial charge in [-0.1, -0.05) is 25.1 Å². The van der Waals surface area contributed by atoms with E-state index in [0.29, 0.717) is 0 Å². The van der Waals surface area contributed by atoms with E-state index in [1.165, 1.54) is 5.56 Å². The lowest BCUT2D eigenvalue weighted by Gasteiger charge is -2.08. The van der Waals surface area contributed by atoms with E-state index in [2.05, 4.69) is 22.3 Å². The molecule has 0 bridgehead atoms. The summed E-state index contributed by atoms with van der Waals surface area (Å²) in [6.07, 6.45) is 4.76. The molecular formula is C15H16N4. The summed E-state index contributed by atoms with van der Waals surface area (Å²) in [6, 6.07) is 10.1. The molecule has 0 atom stereocenters. The Morgan fingerprint density at radius 3 is 2.63 bits per heavy atom. The highest BCUT2D eigenvalue weighted by molar-refractivity contribution is 5.91. The summed E-state index contributed by atoms with van der Waals surface area (Å²) >= 11 is 0. The summed E-state index contributed by atoms with van der Waals surface area (Å²) in [5.74, 6) is 0. The molecule has 0 saturated heterocycles. The van der Waals surface area contributed by atoms with Gasteiger partial charge in [0.25, 0.3) is 0 Å². The van der Waals surface area contributed by atoms with Gasteiger partial charge in [-0.15, -0.1) is 0 Å². The van der Waals surface area contributed by atoms with Gasteiger partial charge in [-0.25, -0.2) is 9.67 Å². The van der Waals surface area contributed by atoms with Crippen LogP contribution in [0, 0.1) is 0 Å². The van der Waals surface area contributed by atoms with Crippen molar-refractivity contribution in [1.29, 1.82) is 0 Å². The average Bonchev–Trinajstić information content (AvgIpc) is 2.91. The Morgan fingerprint density at radius 2 is 1.95 bits per heavy atom. The maximum absolute atomic E-state index is 4.56. The van der Waals surface area contributed by atoms with Crippen LogP contribution in [0.15, 0.2) is 42.7 Å². The molecule has 0 saturated carbocycles. The minimum atomic E-state index is 0.882. The van der Waals surface area contributed by atoms with Crippen molar-refractivity contribution < 1.29 is 0 Å². The van der Waals surface area contributed by atoms with E-state index in [1.807, 2.05) is 54.5 Å². The number of nitrogens with one attached hydrogen (secondary N) is 1. The van der Waals surface area contributed by atoms with Crippen molar-refractivity contribution in [3.05, 3.63) is 48.3 Å². The number of aryl methyl sites for hydroxylation is 1. The zero-order valence-electron chi connectivity index (χ0n) is 11.1. The van der Waals surface area contributed by atoms with E-state index in [1.54, 1.807) is 0 Å². The molecule has 0 unspecified atom stereocenters. The summed E-state index contributed by atoms with van der Waals surface area (Å²) in [5.41, 5.74) is 4.24. The predicted molar refractivity (Wildman–Crippen MR) is 77.8 cm³/mol. The third kappa shape index (κ3) is 1.85. The molecule has 0 amide bonds. The molecule has 3 rings (SSSR count). The maximum atomic E-state index is 4.56. The van der Waals surface area contributed by atoms with Crippen LogP contribution in [0.3, 0.4) is 0 Å². The van der Waals surface area contributed by atoms with Gasteiger partial charge < -0.3 is 5.32 Å². The van der Waals surface area contributed by atoms with Crippen LogP contribution in [0.2, 0.25) is 0 Å². The number of aromatic nitrogens is 3. The van der Waals surface area contributed by atoms with Gasteiger partial charge in [-0.3, -0.25) is 0 Å². The van der Waals surface area contributed by atoms with Gasteiger partial charge in [0.05, 0.1) is 23.0 Å². The van der Waals surface area contributed by atoms with E-state index < -0.39 is 0 Å². The summed E-state index contributed by atoms with van der Waals surface area (Å²) in [4.78, 5) is 4.56. The van der Waals surface area contributed by atoms with E-state index in [0.717, 1.165) is 28.8 Å². The minimum Gasteiger partial charge on any atom is -0.387 e. The SMILES string of the molecule is CCc1cnc2c(cnn2-c2ccccc2)c1NC. The van der Waals surface area contributed by atoms with Crippen LogP contribution in [-0.4, -0.2) is 21.8 Å². The smallest absolute Gasteiger partial charge is 0.164 e. The van der Waals surface area contributed by atoms with Crippen molar-refractivity contribution >= 4 is 16.7 Å². The van der Waals surface area contributed by atoms with Crippen molar-refractivity contribution in [2.45, 2.75) is 13.3 Å². The lowest BCUT2D eigenvalue weighted by molar-refractivity contribution is 0.896. The number of nitrogens with zero attached hydrogens (tertiary/aromatic N) is 3. The first kappa shape index (κ1) is 11.7. The second-order valence-electron chi connectivity index (χ2n) is 4.39. The molecule has 0 aliphatic rings. The first-order chi connectivity index (χ1) is 9.35. The summed E-state index contributed by atoms with van der Waals surface area (Å²) in [7, 11) is 1.94. The fraction of sp³-hybridized carbons (Fsp3) is 0.200. The summed E-state index contributed by atoms with van der Waals surface area (Å²) in [5, 5.41) is 8.79. The van der Waals surface area contributed by atoms with Crippen LogP contribution >= 0.6 is 0 Å². The molecule has 0 spiro atoms. The highest BCUT2D eigenvalue weighted by Crippen LogP contribution is 2.27. The van der Waals surface area contributed by atoms with E-state index >= 15 is 0 Å². The third-order valence-electron chi connectivity index (χ3n) is 3.31. The van der Waals surface area contributed by atoms with Crippen LogP contribution in [0.1, 0.15) is 12.5 Å². The van der Waals surface area contributed by atoms with Crippen molar-refractivity contribution in [3.63, 3.8) is 0 Å². The first-order valence-corrected chi connectivity index (χ1v) is 6.44. The van der Waals surface area contributed by atoms with Gasteiger partial charge >= 0.3 is 0 Å². The van der Waals surface area contributed by atoms with Crippen LogP contribution in [0.4, 0.5) is 5.69 Å². The van der Waals surface area contributed by atoms with Gasteiger partial charge in [0.15, 0.2) is 5.65 Å². The average molecular weight is 252 g/mol. The number of hydrogen-bond acceptors (Lipinski definition) is 3. The van der Waals surface area contributed by atoms with Crippen molar-refractivity contribution in [2.24, 2.45) is 0 Å². The molecule has 1 N–H and O–H groups in total. The molecule has 2 aromatic heterocycles. The molecule has 1 aromatic carbocycles. The Morgan fingerprint density at radius 1 is 1.16 bits per heavy atom.